The highest BCUT2D eigenvalue weighted by Crippen LogP contribution is 2.31. The zero-order valence-electron chi connectivity index (χ0n) is 16.1. The van der Waals surface area contributed by atoms with Crippen LogP contribution >= 0.6 is 12.6 Å². The number of fused-ring (bicyclic) bond motifs is 1. The molecular weight excluding hydrogens is 402 g/mol. The largest absolute Gasteiger partial charge is 0.376 e. The summed E-state index contributed by atoms with van der Waals surface area (Å²) in [5.41, 5.74) is 1.12. The van der Waals surface area contributed by atoms with Gasteiger partial charge in [-0.2, -0.15) is 16.9 Å². The van der Waals surface area contributed by atoms with Crippen molar-refractivity contribution in [2.75, 3.05) is 25.4 Å². The monoisotopic (exact) mass is 427 g/mol. The smallest absolute Gasteiger partial charge is 0.243 e. The lowest BCUT2D eigenvalue weighted by Crippen LogP contribution is -2.29. The topological polar surface area (TPSA) is 46.6 Å². The summed E-state index contributed by atoms with van der Waals surface area (Å²) in [5.74, 6) is 0.971. The third kappa shape index (κ3) is 4.51. The first kappa shape index (κ1) is 20.4. The molecule has 3 aromatic carbocycles. The van der Waals surface area contributed by atoms with Crippen LogP contribution in [-0.4, -0.2) is 38.2 Å². The number of hydrogen-bond donors (Lipinski definition) is 1. The van der Waals surface area contributed by atoms with Crippen molar-refractivity contribution in [2.45, 2.75) is 11.5 Å². The lowest BCUT2D eigenvalue weighted by Gasteiger charge is -2.17. The van der Waals surface area contributed by atoms with E-state index < -0.39 is 10.0 Å². The molecule has 1 fully saturated rings. The van der Waals surface area contributed by atoms with E-state index in [1.165, 1.54) is 0 Å². The quantitative estimate of drug-likeness (QED) is 0.574. The number of thiol groups is 1. The molecule has 4 rings (SSSR count). The van der Waals surface area contributed by atoms with Crippen molar-refractivity contribution in [3.05, 3.63) is 78.4 Å². The van der Waals surface area contributed by atoms with Gasteiger partial charge in [0.1, 0.15) is 0 Å². The molecule has 152 valence electrons. The molecule has 2 unspecified atom stereocenters. The molecule has 1 heterocycles. The second-order valence-corrected chi connectivity index (χ2v) is 9.84. The van der Waals surface area contributed by atoms with Gasteiger partial charge < -0.3 is 4.74 Å². The van der Waals surface area contributed by atoms with Crippen molar-refractivity contribution in [1.29, 1.82) is 0 Å². The predicted octanol–water partition coefficient (Wildman–Crippen LogP) is 4.22. The average molecular weight is 428 g/mol. The van der Waals surface area contributed by atoms with E-state index >= 15 is 0 Å². The maximum atomic E-state index is 13.2. The second-order valence-electron chi connectivity index (χ2n) is 7.53. The molecule has 0 radical (unpaired) electrons. The Labute approximate surface area is 178 Å². The Kier molecular flexibility index (Phi) is 6.25. The summed E-state index contributed by atoms with van der Waals surface area (Å²) in [6, 6.07) is 23.1. The highest BCUT2D eigenvalue weighted by atomic mass is 32.2. The number of benzene rings is 3. The van der Waals surface area contributed by atoms with Gasteiger partial charge in [0.05, 0.1) is 18.1 Å². The van der Waals surface area contributed by atoms with Gasteiger partial charge in [0.25, 0.3) is 0 Å². The Morgan fingerprint density at radius 3 is 2.34 bits per heavy atom. The molecule has 1 saturated heterocycles. The number of ether oxygens (including phenoxy) is 1. The Bertz CT molecular complexity index is 1070. The summed E-state index contributed by atoms with van der Waals surface area (Å²) < 4.78 is 34.0. The molecule has 3 aromatic rings. The molecule has 0 amide bonds. The van der Waals surface area contributed by atoms with E-state index in [-0.39, 0.29) is 11.8 Å². The van der Waals surface area contributed by atoms with Gasteiger partial charge in [0, 0.05) is 19.0 Å². The van der Waals surface area contributed by atoms with Crippen molar-refractivity contribution >= 4 is 33.4 Å². The minimum atomic E-state index is -3.54. The molecule has 0 bridgehead atoms. The van der Waals surface area contributed by atoms with E-state index in [9.17, 15) is 8.42 Å². The summed E-state index contributed by atoms with van der Waals surface area (Å²) >= 11 is 4.46. The molecule has 0 aromatic heterocycles. The molecule has 0 spiro atoms. The van der Waals surface area contributed by atoms with Gasteiger partial charge in [-0.15, -0.1) is 0 Å². The van der Waals surface area contributed by atoms with Crippen LogP contribution in [0.3, 0.4) is 0 Å². The van der Waals surface area contributed by atoms with E-state index in [0.29, 0.717) is 37.0 Å². The molecular formula is C23H25NO3S2. The summed E-state index contributed by atoms with van der Waals surface area (Å²) in [4.78, 5) is 0.347. The van der Waals surface area contributed by atoms with E-state index in [1.807, 2.05) is 60.7 Å². The van der Waals surface area contributed by atoms with Gasteiger partial charge in [-0.05, 0) is 40.1 Å². The highest BCUT2D eigenvalue weighted by molar-refractivity contribution is 7.89. The molecule has 29 heavy (non-hydrogen) atoms. The Morgan fingerprint density at radius 2 is 1.59 bits per heavy atom. The number of hydrogen-bond acceptors (Lipinski definition) is 4. The highest BCUT2D eigenvalue weighted by Gasteiger charge is 2.38. The van der Waals surface area contributed by atoms with Crippen LogP contribution < -0.4 is 0 Å². The van der Waals surface area contributed by atoms with Crippen molar-refractivity contribution in [3.63, 3.8) is 0 Å². The van der Waals surface area contributed by atoms with Gasteiger partial charge in [0.2, 0.25) is 10.0 Å². The molecule has 6 heteroatoms. The Balaban J connectivity index is 1.46. The zero-order valence-corrected chi connectivity index (χ0v) is 17.9. The van der Waals surface area contributed by atoms with Crippen molar-refractivity contribution in [1.82, 2.24) is 4.31 Å². The maximum absolute atomic E-state index is 13.2. The first-order chi connectivity index (χ1) is 14.1. The molecule has 2 atom stereocenters. The van der Waals surface area contributed by atoms with Gasteiger partial charge in [-0.1, -0.05) is 60.7 Å². The molecule has 0 saturated carbocycles. The third-order valence-electron chi connectivity index (χ3n) is 5.58. The molecule has 4 nitrogen and oxygen atoms in total. The van der Waals surface area contributed by atoms with Gasteiger partial charge in [-0.25, -0.2) is 8.42 Å². The fourth-order valence-electron chi connectivity index (χ4n) is 3.87. The van der Waals surface area contributed by atoms with Gasteiger partial charge in [-0.3, -0.25) is 0 Å². The van der Waals surface area contributed by atoms with Crippen LogP contribution in [0.15, 0.2) is 77.7 Å². The van der Waals surface area contributed by atoms with Crippen LogP contribution in [0.1, 0.15) is 5.56 Å². The van der Waals surface area contributed by atoms with Crippen LogP contribution in [0, 0.1) is 11.8 Å². The van der Waals surface area contributed by atoms with Crippen LogP contribution in [0.5, 0.6) is 0 Å². The average Bonchev–Trinajstić information content (AvgIpc) is 3.18. The van der Waals surface area contributed by atoms with Crippen molar-refractivity contribution < 1.29 is 13.2 Å². The fraction of sp³-hybridized carbons (Fsp3) is 0.304. The zero-order chi connectivity index (χ0) is 20.3. The van der Waals surface area contributed by atoms with Crippen molar-refractivity contribution in [2.24, 2.45) is 11.8 Å². The minimum absolute atomic E-state index is 0.145. The number of sulfonamides is 1. The molecule has 1 aliphatic rings. The summed E-state index contributed by atoms with van der Waals surface area (Å²) in [6.45, 7) is 2.02. The molecule has 1 aliphatic heterocycles. The Hall–Kier alpha value is -1.86. The first-order valence-electron chi connectivity index (χ1n) is 9.79. The SMILES string of the molecule is O=S(=O)(c1ccc2ccccc2c1)N1CC(CS)C(COCc2ccccc2)C1. The normalized spacial score (nSPS) is 20.3. The number of rotatable bonds is 7. The van der Waals surface area contributed by atoms with E-state index in [2.05, 4.69) is 12.6 Å². The van der Waals surface area contributed by atoms with Gasteiger partial charge >= 0.3 is 0 Å². The molecule has 0 N–H and O–H groups in total. The summed E-state index contributed by atoms with van der Waals surface area (Å²) in [5, 5.41) is 1.97. The first-order valence-corrected chi connectivity index (χ1v) is 11.9. The van der Waals surface area contributed by atoms with Crippen LogP contribution in [0.25, 0.3) is 10.8 Å². The van der Waals surface area contributed by atoms with Crippen LogP contribution in [0.2, 0.25) is 0 Å². The molecule has 0 aliphatic carbocycles. The second kappa shape index (κ2) is 8.88. The third-order valence-corrected chi connectivity index (χ3v) is 7.88. The fourth-order valence-corrected chi connectivity index (χ4v) is 5.87. The predicted molar refractivity (Wildman–Crippen MR) is 120 cm³/mol. The summed E-state index contributed by atoms with van der Waals surface area (Å²) in [6.07, 6.45) is 0. The lowest BCUT2D eigenvalue weighted by atomic mass is 9.99. The van der Waals surface area contributed by atoms with E-state index in [0.717, 1.165) is 16.3 Å². The van der Waals surface area contributed by atoms with Crippen molar-refractivity contribution in [3.8, 4) is 0 Å². The maximum Gasteiger partial charge on any atom is 0.243 e. The van der Waals surface area contributed by atoms with Crippen LogP contribution in [-0.2, 0) is 21.4 Å². The van der Waals surface area contributed by atoms with E-state index in [1.54, 1.807) is 16.4 Å². The summed E-state index contributed by atoms with van der Waals surface area (Å²) in [7, 11) is -3.54. The Morgan fingerprint density at radius 1 is 0.897 bits per heavy atom. The van der Waals surface area contributed by atoms with E-state index in [4.69, 9.17) is 4.74 Å². The van der Waals surface area contributed by atoms with Gasteiger partial charge in [0.15, 0.2) is 0 Å². The van der Waals surface area contributed by atoms with Crippen LogP contribution in [0.4, 0.5) is 0 Å². The standard InChI is InChI=1S/C23H25NO3S2/c25-29(26,23-11-10-19-8-4-5-9-20(19)12-23)24-13-21(22(14-24)17-28)16-27-15-18-6-2-1-3-7-18/h1-12,21-22,28H,13-17H2. The minimum Gasteiger partial charge on any atom is -0.376 e. The lowest BCUT2D eigenvalue weighted by molar-refractivity contribution is 0.0813. The number of nitrogens with zero attached hydrogens (tertiary/aromatic N) is 1.